The van der Waals surface area contributed by atoms with Gasteiger partial charge in [-0.1, -0.05) is 26.0 Å². The second kappa shape index (κ2) is 4.96. The largest absolute Gasteiger partial charge is 0.573 e. The van der Waals surface area contributed by atoms with Crippen LogP contribution in [-0.2, 0) is 6.42 Å². The molecule has 1 aromatic rings. The van der Waals surface area contributed by atoms with Crippen molar-refractivity contribution in [3.8, 4) is 5.75 Å². The van der Waals surface area contributed by atoms with E-state index in [1.54, 1.807) is 12.1 Å². The van der Waals surface area contributed by atoms with E-state index in [-0.39, 0.29) is 17.8 Å². The fourth-order valence-corrected chi connectivity index (χ4v) is 1.42. The Bertz CT molecular complexity index is 355. The summed E-state index contributed by atoms with van der Waals surface area (Å²) in [6.07, 6.45) is -4.07. The summed E-state index contributed by atoms with van der Waals surface area (Å²) in [5, 5.41) is 9.09. The van der Waals surface area contributed by atoms with Gasteiger partial charge in [0.2, 0.25) is 0 Å². The Morgan fingerprint density at radius 2 is 1.65 bits per heavy atom. The van der Waals surface area contributed by atoms with E-state index < -0.39 is 6.36 Å². The first-order valence-electron chi connectivity index (χ1n) is 5.17. The van der Waals surface area contributed by atoms with E-state index in [0.29, 0.717) is 6.42 Å². The molecule has 0 aliphatic rings. The summed E-state index contributed by atoms with van der Waals surface area (Å²) in [6, 6.07) is 5.68. The minimum atomic E-state index is -4.66. The van der Waals surface area contributed by atoms with E-state index in [2.05, 4.69) is 4.74 Å². The average Bonchev–Trinajstić information content (AvgIpc) is 2.19. The van der Waals surface area contributed by atoms with E-state index in [1.807, 2.05) is 13.8 Å². The maximum Gasteiger partial charge on any atom is 0.573 e. The van der Waals surface area contributed by atoms with Crippen molar-refractivity contribution >= 4 is 0 Å². The first kappa shape index (κ1) is 13.8. The van der Waals surface area contributed by atoms with Crippen LogP contribution in [-0.4, -0.2) is 18.1 Å². The summed E-state index contributed by atoms with van der Waals surface area (Å²) in [4.78, 5) is 0. The van der Waals surface area contributed by atoms with Crippen molar-refractivity contribution in [2.24, 2.45) is 5.41 Å². The quantitative estimate of drug-likeness (QED) is 0.887. The van der Waals surface area contributed by atoms with Gasteiger partial charge in [-0.25, -0.2) is 0 Å². The maximum absolute atomic E-state index is 11.9. The third kappa shape index (κ3) is 5.08. The molecule has 96 valence electrons. The monoisotopic (exact) mass is 248 g/mol. The van der Waals surface area contributed by atoms with Crippen LogP contribution in [0, 0.1) is 5.41 Å². The standard InChI is InChI=1S/C12H15F3O2/c1-11(2,8-16)7-9-3-5-10(6-4-9)17-12(13,14)15/h3-6,16H,7-8H2,1-2H3. The van der Waals surface area contributed by atoms with Gasteiger partial charge in [0.15, 0.2) is 0 Å². The van der Waals surface area contributed by atoms with Crippen molar-refractivity contribution in [3.05, 3.63) is 29.8 Å². The summed E-state index contributed by atoms with van der Waals surface area (Å²) in [7, 11) is 0. The van der Waals surface area contributed by atoms with E-state index in [0.717, 1.165) is 5.56 Å². The van der Waals surface area contributed by atoms with E-state index in [1.165, 1.54) is 12.1 Å². The van der Waals surface area contributed by atoms with Crippen LogP contribution in [0.15, 0.2) is 24.3 Å². The van der Waals surface area contributed by atoms with Gasteiger partial charge in [0.1, 0.15) is 5.75 Å². The molecule has 0 fully saturated rings. The van der Waals surface area contributed by atoms with Crippen LogP contribution in [0.2, 0.25) is 0 Å². The molecule has 17 heavy (non-hydrogen) atoms. The highest BCUT2D eigenvalue weighted by Crippen LogP contribution is 2.25. The number of hydrogen-bond acceptors (Lipinski definition) is 2. The number of rotatable bonds is 4. The van der Waals surface area contributed by atoms with Crippen LogP contribution in [0.25, 0.3) is 0 Å². The normalized spacial score (nSPS) is 12.6. The maximum atomic E-state index is 11.9. The van der Waals surface area contributed by atoms with Gasteiger partial charge >= 0.3 is 6.36 Å². The number of benzene rings is 1. The fraction of sp³-hybridized carbons (Fsp3) is 0.500. The average molecular weight is 248 g/mol. The molecular formula is C12H15F3O2. The van der Waals surface area contributed by atoms with Crippen LogP contribution in [0.3, 0.4) is 0 Å². The molecule has 0 aromatic heterocycles. The molecule has 0 saturated heterocycles. The van der Waals surface area contributed by atoms with Gasteiger partial charge in [0, 0.05) is 6.61 Å². The first-order valence-corrected chi connectivity index (χ1v) is 5.17. The lowest BCUT2D eigenvalue weighted by Gasteiger charge is -2.21. The predicted molar refractivity (Wildman–Crippen MR) is 57.7 cm³/mol. The Morgan fingerprint density at radius 3 is 2.06 bits per heavy atom. The molecule has 0 amide bonds. The smallest absolute Gasteiger partial charge is 0.406 e. The van der Waals surface area contributed by atoms with Crippen LogP contribution in [0.4, 0.5) is 13.2 Å². The van der Waals surface area contributed by atoms with Crippen molar-refractivity contribution in [2.45, 2.75) is 26.6 Å². The molecule has 2 nitrogen and oxygen atoms in total. The lowest BCUT2D eigenvalue weighted by atomic mass is 9.87. The lowest BCUT2D eigenvalue weighted by molar-refractivity contribution is -0.274. The third-order valence-electron chi connectivity index (χ3n) is 2.27. The minimum absolute atomic E-state index is 0.0216. The van der Waals surface area contributed by atoms with Crippen molar-refractivity contribution < 1.29 is 23.0 Å². The second-order valence-electron chi connectivity index (χ2n) is 4.69. The number of halogens is 3. The van der Waals surface area contributed by atoms with Crippen LogP contribution < -0.4 is 4.74 Å². The Hall–Kier alpha value is -1.23. The van der Waals surface area contributed by atoms with Crippen LogP contribution in [0.5, 0.6) is 5.75 Å². The van der Waals surface area contributed by atoms with E-state index >= 15 is 0 Å². The molecule has 1 aromatic carbocycles. The van der Waals surface area contributed by atoms with Gasteiger partial charge in [-0.05, 0) is 29.5 Å². The van der Waals surface area contributed by atoms with Crippen molar-refractivity contribution in [3.63, 3.8) is 0 Å². The second-order valence-corrected chi connectivity index (χ2v) is 4.69. The zero-order chi connectivity index (χ0) is 13.1. The number of ether oxygens (including phenoxy) is 1. The van der Waals surface area contributed by atoms with Gasteiger partial charge in [-0.3, -0.25) is 0 Å². The molecule has 0 spiro atoms. The van der Waals surface area contributed by atoms with Crippen LogP contribution in [0.1, 0.15) is 19.4 Å². The number of aliphatic hydroxyl groups excluding tert-OH is 1. The number of aliphatic hydroxyl groups is 1. The summed E-state index contributed by atoms with van der Waals surface area (Å²) < 4.78 is 39.5. The highest BCUT2D eigenvalue weighted by Gasteiger charge is 2.31. The molecule has 0 heterocycles. The highest BCUT2D eigenvalue weighted by atomic mass is 19.4. The molecule has 1 rings (SSSR count). The lowest BCUT2D eigenvalue weighted by Crippen LogP contribution is -2.20. The molecule has 0 bridgehead atoms. The molecule has 1 N–H and O–H groups in total. The van der Waals surface area contributed by atoms with E-state index in [9.17, 15) is 13.2 Å². The summed E-state index contributed by atoms with van der Waals surface area (Å²) >= 11 is 0. The molecule has 0 radical (unpaired) electrons. The molecule has 0 aliphatic heterocycles. The van der Waals surface area contributed by atoms with Gasteiger partial charge in [0.05, 0.1) is 0 Å². The van der Waals surface area contributed by atoms with Crippen LogP contribution >= 0.6 is 0 Å². The molecule has 0 atom stereocenters. The van der Waals surface area contributed by atoms with Gasteiger partial charge in [0.25, 0.3) is 0 Å². The zero-order valence-corrected chi connectivity index (χ0v) is 9.71. The molecule has 5 heteroatoms. The van der Waals surface area contributed by atoms with Crippen molar-refractivity contribution in [1.29, 1.82) is 0 Å². The Morgan fingerprint density at radius 1 is 1.12 bits per heavy atom. The Balaban J connectivity index is 2.69. The molecular weight excluding hydrogens is 233 g/mol. The zero-order valence-electron chi connectivity index (χ0n) is 9.71. The minimum Gasteiger partial charge on any atom is -0.406 e. The van der Waals surface area contributed by atoms with E-state index in [4.69, 9.17) is 5.11 Å². The Labute approximate surface area is 98.0 Å². The molecule has 0 unspecified atom stereocenters. The summed E-state index contributed by atoms with van der Waals surface area (Å²) in [5.41, 5.74) is 0.574. The summed E-state index contributed by atoms with van der Waals surface area (Å²) in [5.74, 6) is -0.233. The molecule has 0 saturated carbocycles. The Kier molecular flexibility index (Phi) is 4.03. The highest BCUT2D eigenvalue weighted by molar-refractivity contribution is 5.28. The summed E-state index contributed by atoms with van der Waals surface area (Å²) in [6.45, 7) is 3.79. The van der Waals surface area contributed by atoms with Gasteiger partial charge < -0.3 is 9.84 Å². The van der Waals surface area contributed by atoms with Crippen molar-refractivity contribution in [2.75, 3.05) is 6.61 Å². The number of hydrogen-bond donors (Lipinski definition) is 1. The third-order valence-corrected chi connectivity index (χ3v) is 2.27. The number of alkyl halides is 3. The SMILES string of the molecule is CC(C)(CO)Cc1ccc(OC(F)(F)F)cc1. The first-order chi connectivity index (χ1) is 7.72. The van der Waals surface area contributed by atoms with Gasteiger partial charge in [-0.2, -0.15) is 0 Å². The topological polar surface area (TPSA) is 29.5 Å². The molecule has 0 aliphatic carbocycles. The fourth-order valence-electron chi connectivity index (χ4n) is 1.42. The van der Waals surface area contributed by atoms with Gasteiger partial charge in [-0.15, -0.1) is 13.2 Å². The predicted octanol–water partition coefficient (Wildman–Crippen LogP) is 3.15. The van der Waals surface area contributed by atoms with Crippen molar-refractivity contribution in [1.82, 2.24) is 0 Å².